The van der Waals surface area contributed by atoms with Crippen LogP contribution < -0.4 is 15.4 Å². The number of methoxy groups -OCH3 is 1. The quantitative estimate of drug-likeness (QED) is 0.634. The second-order valence-electron chi connectivity index (χ2n) is 5.92. The number of hydrogen-bond acceptors (Lipinski definition) is 4. The van der Waals surface area contributed by atoms with Gasteiger partial charge in [0, 0.05) is 29.1 Å². The number of nitrogens with zero attached hydrogens (tertiary/aromatic N) is 1. The number of amides is 1. The van der Waals surface area contributed by atoms with Crippen LogP contribution in [-0.4, -0.2) is 24.5 Å². The van der Waals surface area contributed by atoms with Gasteiger partial charge in [-0.05, 0) is 60.5 Å². The molecule has 0 aliphatic heterocycles. The summed E-state index contributed by atoms with van der Waals surface area (Å²) in [5.74, 6) is 0.582. The summed E-state index contributed by atoms with van der Waals surface area (Å²) in [7, 11) is 1.63. The molecule has 0 saturated heterocycles. The third kappa shape index (κ3) is 5.46. The lowest BCUT2D eigenvalue weighted by atomic mass is 10.1. The van der Waals surface area contributed by atoms with Crippen LogP contribution in [0.5, 0.6) is 5.75 Å². The van der Waals surface area contributed by atoms with Crippen molar-refractivity contribution in [3.05, 3.63) is 83.1 Å². The molecule has 0 fully saturated rings. The predicted octanol–water partition coefficient (Wildman–Crippen LogP) is 4.46. The Bertz CT molecular complexity index is 896. The van der Waals surface area contributed by atoms with E-state index in [1.807, 2.05) is 54.6 Å². The van der Waals surface area contributed by atoms with Gasteiger partial charge in [-0.3, -0.25) is 9.78 Å². The van der Waals surface area contributed by atoms with Crippen molar-refractivity contribution in [2.24, 2.45) is 0 Å². The molecule has 0 aliphatic carbocycles. The molecule has 1 aromatic heterocycles. The number of carbonyl (C=O) groups is 1. The molecular formula is C21H20ClN3O2. The Morgan fingerprint density at radius 3 is 2.48 bits per heavy atom. The maximum absolute atomic E-state index is 12.3. The zero-order chi connectivity index (χ0) is 19.1. The number of benzene rings is 2. The highest BCUT2D eigenvalue weighted by molar-refractivity contribution is 6.30. The topological polar surface area (TPSA) is 63.2 Å². The minimum absolute atomic E-state index is 0.206. The molecule has 6 heteroatoms. The molecule has 0 bridgehead atoms. The summed E-state index contributed by atoms with van der Waals surface area (Å²) >= 11 is 5.87. The number of pyridine rings is 1. The molecule has 5 nitrogen and oxygen atoms in total. The van der Waals surface area contributed by atoms with E-state index in [2.05, 4.69) is 15.6 Å². The predicted molar refractivity (Wildman–Crippen MR) is 108 cm³/mol. The van der Waals surface area contributed by atoms with Crippen molar-refractivity contribution >= 4 is 28.9 Å². The van der Waals surface area contributed by atoms with Gasteiger partial charge in [-0.15, -0.1) is 0 Å². The van der Waals surface area contributed by atoms with Gasteiger partial charge in [0.1, 0.15) is 11.4 Å². The summed E-state index contributed by atoms with van der Waals surface area (Å²) < 4.78 is 5.15. The van der Waals surface area contributed by atoms with Crippen LogP contribution in [-0.2, 0) is 6.42 Å². The molecule has 3 aromatic rings. The summed E-state index contributed by atoms with van der Waals surface area (Å²) in [4.78, 5) is 16.5. The van der Waals surface area contributed by atoms with Crippen LogP contribution in [0.2, 0.25) is 5.02 Å². The van der Waals surface area contributed by atoms with E-state index in [1.165, 1.54) is 0 Å². The Kier molecular flexibility index (Phi) is 6.28. The summed E-state index contributed by atoms with van der Waals surface area (Å²) in [6, 6.07) is 18.7. The number of halogens is 1. The number of anilines is 2. The van der Waals surface area contributed by atoms with Crippen molar-refractivity contribution in [1.82, 2.24) is 10.3 Å². The zero-order valence-corrected chi connectivity index (χ0v) is 15.7. The Labute approximate surface area is 163 Å². The first-order chi connectivity index (χ1) is 13.1. The molecule has 0 spiro atoms. The number of aromatic nitrogens is 1. The lowest BCUT2D eigenvalue weighted by Gasteiger charge is -2.09. The van der Waals surface area contributed by atoms with Crippen LogP contribution in [0.1, 0.15) is 16.1 Å². The van der Waals surface area contributed by atoms with E-state index in [-0.39, 0.29) is 5.91 Å². The maximum Gasteiger partial charge on any atom is 0.269 e. The average Bonchev–Trinajstić information content (AvgIpc) is 2.70. The zero-order valence-electron chi connectivity index (χ0n) is 14.9. The third-order valence-electron chi connectivity index (χ3n) is 3.98. The number of nitrogens with one attached hydrogen (secondary N) is 2. The van der Waals surface area contributed by atoms with Crippen LogP contribution in [0.3, 0.4) is 0 Å². The van der Waals surface area contributed by atoms with Crippen molar-refractivity contribution in [2.45, 2.75) is 6.42 Å². The molecule has 0 aliphatic rings. The molecule has 0 unspecified atom stereocenters. The summed E-state index contributed by atoms with van der Waals surface area (Å²) in [5.41, 5.74) is 3.17. The van der Waals surface area contributed by atoms with Crippen LogP contribution in [0, 0.1) is 0 Å². The van der Waals surface area contributed by atoms with Gasteiger partial charge < -0.3 is 15.4 Å². The van der Waals surface area contributed by atoms with Crippen molar-refractivity contribution in [3.8, 4) is 5.75 Å². The van der Waals surface area contributed by atoms with Gasteiger partial charge in [0.25, 0.3) is 5.91 Å². The van der Waals surface area contributed by atoms with E-state index < -0.39 is 0 Å². The van der Waals surface area contributed by atoms with E-state index in [4.69, 9.17) is 16.3 Å². The third-order valence-corrected chi connectivity index (χ3v) is 4.24. The van der Waals surface area contributed by atoms with Gasteiger partial charge in [0.05, 0.1) is 7.11 Å². The molecule has 1 amide bonds. The van der Waals surface area contributed by atoms with Crippen molar-refractivity contribution in [2.75, 3.05) is 19.0 Å². The minimum atomic E-state index is -0.206. The Hall–Kier alpha value is -3.05. The number of carbonyl (C=O) groups excluding carboxylic acids is 1. The summed E-state index contributed by atoms with van der Waals surface area (Å²) in [6.07, 6.45) is 2.34. The standard InChI is InChI=1S/C21H20ClN3O2/c1-27-19-8-6-17(7-9-19)25-18-11-13-23-20(14-18)21(26)24-12-10-15-2-4-16(22)5-3-15/h2-9,11,13-14H,10,12H2,1H3,(H,23,25)(H,24,26). The maximum atomic E-state index is 12.3. The van der Waals surface area contributed by atoms with Crippen molar-refractivity contribution in [1.29, 1.82) is 0 Å². The van der Waals surface area contributed by atoms with Gasteiger partial charge in [0.15, 0.2) is 0 Å². The first-order valence-corrected chi connectivity index (χ1v) is 8.91. The molecule has 0 saturated carbocycles. The molecule has 0 atom stereocenters. The number of rotatable bonds is 7. The van der Waals surface area contributed by atoms with Crippen molar-refractivity contribution in [3.63, 3.8) is 0 Å². The van der Waals surface area contributed by atoms with Gasteiger partial charge in [0.2, 0.25) is 0 Å². The largest absolute Gasteiger partial charge is 0.497 e. The molecular weight excluding hydrogens is 362 g/mol. The van der Waals surface area contributed by atoms with E-state index in [1.54, 1.807) is 19.4 Å². The minimum Gasteiger partial charge on any atom is -0.497 e. The average molecular weight is 382 g/mol. The van der Waals surface area contributed by atoms with Crippen LogP contribution in [0.25, 0.3) is 0 Å². The van der Waals surface area contributed by atoms with Gasteiger partial charge >= 0.3 is 0 Å². The summed E-state index contributed by atoms with van der Waals surface area (Å²) in [5, 5.41) is 6.84. The lowest BCUT2D eigenvalue weighted by Crippen LogP contribution is -2.26. The van der Waals surface area contributed by atoms with E-state index >= 15 is 0 Å². The monoisotopic (exact) mass is 381 g/mol. The lowest BCUT2D eigenvalue weighted by molar-refractivity contribution is 0.0949. The molecule has 1 heterocycles. The van der Waals surface area contributed by atoms with Crippen LogP contribution in [0.15, 0.2) is 66.9 Å². The second kappa shape index (κ2) is 9.05. The SMILES string of the molecule is COc1ccc(Nc2ccnc(C(=O)NCCc3ccc(Cl)cc3)c2)cc1. The number of hydrogen-bond donors (Lipinski definition) is 2. The molecule has 2 N–H and O–H groups in total. The molecule has 3 rings (SSSR count). The number of ether oxygens (including phenoxy) is 1. The van der Waals surface area contributed by atoms with E-state index in [0.29, 0.717) is 17.3 Å². The van der Waals surface area contributed by atoms with Crippen molar-refractivity contribution < 1.29 is 9.53 Å². The van der Waals surface area contributed by atoms with E-state index in [9.17, 15) is 4.79 Å². The first-order valence-electron chi connectivity index (χ1n) is 8.54. The molecule has 27 heavy (non-hydrogen) atoms. The van der Waals surface area contributed by atoms with Gasteiger partial charge in [-0.1, -0.05) is 23.7 Å². The normalized spacial score (nSPS) is 10.3. The fourth-order valence-corrected chi connectivity index (χ4v) is 2.66. The Morgan fingerprint density at radius 2 is 1.78 bits per heavy atom. The Balaban J connectivity index is 1.56. The van der Waals surface area contributed by atoms with E-state index in [0.717, 1.165) is 29.1 Å². The van der Waals surface area contributed by atoms with Gasteiger partial charge in [-0.25, -0.2) is 0 Å². The molecule has 0 radical (unpaired) electrons. The summed E-state index contributed by atoms with van der Waals surface area (Å²) in [6.45, 7) is 0.526. The highest BCUT2D eigenvalue weighted by Crippen LogP contribution is 2.20. The highest BCUT2D eigenvalue weighted by atomic mass is 35.5. The molecule has 138 valence electrons. The molecule has 2 aromatic carbocycles. The Morgan fingerprint density at radius 1 is 1.04 bits per heavy atom. The fourth-order valence-electron chi connectivity index (χ4n) is 2.54. The van der Waals surface area contributed by atoms with Gasteiger partial charge in [-0.2, -0.15) is 0 Å². The van der Waals surface area contributed by atoms with Crippen LogP contribution in [0.4, 0.5) is 11.4 Å². The van der Waals surface area contributed by atoms with Crippen LogP contribution >= 0.6 is 11.6 Å². The fraction of sp³-hybridized carbons (Fsp3) is 0.143. The second-order valence-corrected chi connectivity index (χ2v) is 6.35. The smallest absolute Gasteiger partial charge is 0.269 e. The highest BCUT2D eigenvalue weighted by Gasteiger charge is 2.08. The first kappa shape index (κ1) is 18.7.